The van der Waals surface area contributed by atoms with Crippen molar-refractivity contribution in [2.24, 2.45) is 5.92 Å². The van der Waals surface area contributed by atoms with Crippen molar-refractivity contribution in [2.45, 2.75) is 44.6 Å². The predicted molar refractivity (Wildman–Crippen MR) is 120 cm³/mol. The molecule has 0 aliphatic carbocycles. The number of furan rings is 1. The predicted octanol–water partition coefficient (Wildman–Crippen LogP) is 4.33. The van der Waals surface area contributed by atoms with E-state index in [2.05, 4.69) is 5.32 Å². The van der Waals surface area contributed by atoms with E-state index in [1.54, 1.807) is 6.07 Å². The van der Waals surface area contributed by atoms with Crippen LogP contribution in [0, 0.1) is 19.8 Å². The summed E-state index contributed by atoms with van der Waals surface area (Å²) in [6, 6.07) is 14.8. The van der Waals surface area contributed by atoms with Crippen LogP contribution >= 0.6 is 0 Å². The van der Waals surface area contributed by atoms with Gasteiger partial charge in [-0.15, -0.1) is 0 Å². The molecule has 1 unspecified atom stereocenters. The quantitative estimate of drug-likeness (QED) is 0.641. The number of hydrogen-bond donors (Lipinski definition) is 1. The van der Waals surface area contributed by atoms with Crippen molar-refractivity contribution in [3.05, 3.63) is 65.4 Å². The normalized spacial score (nSPS) is 17.0. The topological polar surface area (TPSA) is 79.6 Å². The monoisotopic (exact) mass is 440 g/mol. The number of carbonyl (C=O) groups excluding carboxylic acids is 1. The molecule has 7 heteroatoms. The zero-order valence-electron chi connectivity index (χ0n) is 18.1. The second kappa shape index (κ2) is 8.48. The van der Waals surface area contributed by atoms with Crippen LogP contribution in [0.25, 0.3) is 11.0 Å². The number of carbonyl (C=O) groups is 1. The highest BCUT2D eigenvalue weighted by Crippen LogP contribution is 2.28. The molecule has 1 aliphatic heterocycles. The van der Waals surface area contributed by atoms with Gasteiger partial charge in [-0.05, 0) is 57.4 Å². The molecule has 164 valence electrons. The van der Waals surface area contributed by atoms with E-state index in [1.807, 2.05) is 63.2 Å². The van der Waals surface area contributed by atoms with Crippen LogP contribution < -0.4 is 5.32 Å². The Morgan fingerprint density at radius 1 is 1.10 bits per heavy atom. The zero-order valence-corrected chi connectivity index (χ0v) is 18.9. The molecule has 4 rings (SSSR count). The fourth-order valence-electron chi connectivity index (χ4n) is 4.20. The number of rotatable bonds is 5. The number of sulfonamides is 1. The van der Waals surface area contributed by atoms with Crippen LogP contribution in [-0.2, 0) is 14.8 Å². The minimum Gasteiger partial charge on any atom is -0.459 e. The van der Waals surface area contributed by atoms with Crippen molar-refractivity contribution >= 4 is 26.9 Å². The second-order valence-corrected chi connectivity index (χ2v) is 10.3. The van der Waals surface area contributed by atoms with Gasteiger partial charge in [0, 0.05) is 24.4 Å². The summed E-state index contributed by atoms with van der Waals surface area (Å²) >= 11 is 0. The molecule has 2 heterocycles. The first-order valence-electron chi connectivity index (χ1n) is 10.6. The number of nitrogens with one attached hydrogen (secondary N) is 1. The van der Waals surface area contributed by atoms with Gasteiger partial charge in [0.25, 0.3) is 0 Å². The summed E-state index contributed by atoms with van der Waals surface area (Å²) in [5.74, 6) is 0.443. The van der Waals surface area contributed by atoms with Crippen LogP contribution in [0.1, 0.15) is 42.7 Å². The maximum absolute atomic E-state index is 13.1. The number of aryl methyl sites for hydroxylation is 2. The van der Waals surface area contributed by atoms with E-state index in [0.717, 1.165) is 22.1 Å². The Hall–Kier alpha value is -2.64. The lowest BCUT2D eigenvalue weighted by atomic mass is 9.97. The lowest BCUT2D eigenvalue weighted by molar-refractivity contribution is -0.126. The second-order valence-electron chi connectivity index (χ2n) is 8.36. The van der Waals surface area contributed by atoms with Crippen LogP contribution in [0.4, 0.5) is 0 Å². The van der Waals surface area contributed by atoms with Crippen molar-refractivity contribution in [2.75, 3.05) is 13.1 Å². The van der Waals surface area contributed by atoms with Gasteiger partial charge in [0.2, 0.25) is 15.9 Å². The molecule has 1 fully saturated rings. The zero-order chi connectivity index (χ0) is 22.2. The first-order valence-corrected chi connectivity index (χ1v) is 12.1. The molecule has 1 saturated heterocycles. The van der Waals surface area contributed by atoms with E-state index >= 15 is 0 Å². The molecule has 2 aromatic carbocycles. The summed E-state index contributed by atoms with van der Waals surface area (Å²) in [5.41, 5.74) is 2.58. The largest absolute Gasteiger partial charge is 0.459 e. The Balaban J connectivity index is 1.38. The number of nitrogens with zero attached hydrogens (tertiary/aromatic N) is 1. The van der Waals surface area contributed by atoms with Crippen LogP contribution in [0.5, 0.6) is 0 Å². The van der Waals surface area contributed by atoms with E-state index < -0.39 is 10.0 Å². The molecular weight excluding hydrogens is 412 g/mol. The molecule has 1 aliphatic rings. The summed E-state index contributed by atoms with van der Waals surface area (Å²) in [7, 11) is -3.55. The van der Waals surface area contributed by atoms with Crippen LogP contribution in [0.2, 0.25) is 0 Å². The smallest absolute Gasteiger partial charge is 0.243 e. The van der Waals surface area contributed by atoms with Crippen LogP contribution in [0.3, 0.4) is 0 Å². The standard InChI is InChI=1S/C24H28N2O4S/c1-16-8-9-23(17(2)14-16)31(28,29)26-12-10-19(11-13-26)24(27)25-18(3)22-15-20-6-4-5-7-21(20)30-22/h4-9,14-15,18-19H,10-13H2,1-3H3,(H,25,27). The summed E-state index contributed by atoms with van der Waals surface area (Å²) in [4.78, 5) is 13.1. The number of hydrogen-bond acceptors (Lipinski definition) is 4. The highest BCUT2D eigenvalue weighted by molar-refractivity contribution is 7.89. The molecule has 31 heavy (non-hydrogen) atoms. The third kappa shape index (κ3) is 4.38. The minimum absolute atomic E-state index is 0.0588. The van der Waals surface area contributed by atoms with Gasteiger partial charge in [0.05, 0.1) is 10.9 Å². The first kappa shape index (κ1) is 21.6. The van der Waals surface area contributed by atoms with Crippen LogP contribution in [-0.4, -0.2) is 31.7 Å². The Morgan fingerprint density at radius 3 is 2.48 bits per heavy atom. The molecule has 0 bridgehead atoms. The van der Waals surface area contributed by atoms with Gasteiger partial charge in [0.15, 0.2) is 0 Å². The summed E-state index contributed by atoms with van der Waals surface area (Å²) < 4.78 is 33.5. The third-order valence-corrected chi connectivity index (χ3v) is 8.06. The molecule has 0 radical (unpaired) electrons. The van der Waals surface area contributed by atoms with Crippen molar-refractivity contribution in [1.82, 2.24) is 9.62 Å². The van der Waals surface area contributed by atoms with Gasteiger partial charge in [-0.1, -0.05) is 35.9 Å². The maximum Gasteiger partial charge on any atom is 0.243 e. The molecule has 1 N–H and O–H groups in total. The Kier molecular flexibility index (Phi) is 5.90. The fraction of sp³-hybridized carbons (Fsp3) is 0.375. The van der Waals surface area contributed by atoms with Gasteiger partial charge in [-0.25, -0.2) is 8.42 Å². The lowest BCUT2D eigenvalue weighted by Gasteiger charge is -2.31. The Morgan fingerprint density at radius 2 is 1.81 bits per heavy atom. The molecular formula is C24H28N2O4S. The number of fused-ring (bicyclic) bond motifs is 1. The summed E-state index contributed by atoms with van der Waals surface area (Å²) in [6.45, 7) is 6.34. The highest BCUT2D eigenvalue weighted by Gasteiger charge is 2.33. The molecule has 0 saturated carbocycles. The number of para-hydroxylation sites is 1. The fourth-order valence-corrected chi connectivity index (χ4v) is 5.88. The number of amides is 1. The molecule has 3 aromatic rings. The molecule has 6 nitrogen and oxygen atoms in total. The van der Waals surface area contributed by atoms with Gasteiger partial charge in [-0.2, -0.15) is 4.31 Å². The SMILES string of the molecule is Cc1ccc(S(=O)(=O)N2CCC(C(=O)NC(C)c3cc4ccccc4o3)CC2)c(C)c1. The van der Waals surface area contributed by atoms with Gasteiger partial charge in [-0.3, -0.25) is 4.79 Å². The number of piperidine rings is 1. The summed E-state index contributed by atoms with van der Waals surface area (Å²) in [5, 5.41) is 4.03. The van der Waals surface area contributed by atoms with Crippen LogP contribution in [0.15, 0.2) is 57.8 Å². The Bertz CT molecular complexity index is 1170. The minimum atomic E-state index is -3.55. The average Bonchev–Trinajstić information content (AvgIpc) is 3.18. The van der Waals surface area contributed by atoms with Crippen molar-refractivity contribution in [3.63, 3.8) is 0 Å². The maximum atomic E-state index is 13.1. The van der Waals surface area contributed by atoms with Gasteiger partial charge < -0.3 is 9.73 Å². The number of benzene rings is 2. The van der Waals surface area contributed by atoms with Crippen molar-refractivity contribution < 1.29 is 17.6 Å². The van der Waals surface area contributed by atoms with Gasteiger partial charge in [0.1, 0.15) is 11.3 Å². The van der Waals surface area contributed by atoms with E-state index in [4.69, 9.17) is 4.42 Å². The summed E-state index contributed by atoms with van der Waals surface area (Å²) in [6.07, 6.45) is 1.01. The first-order chi connectivity index (χ1) is 14.8. The van der Waals surface area contributed by atoms with E-state index in [9.17, 15) is 13.2 Å². The molecule has 1 aromatic heterocycles. The van der Waals surface area contributed by atoms with E-state index in [0.29, 0.717) is 36.6 Å². The molecule has 0 spiro atoms. The van der Waals surface area contributed by atoms with Crippen molar-refractivity contribution in [1.29, 1.82) is 0 Å². The Labute approximate surface area is 183 Å². The average molecular weight is 441 g/mol. The van der Waals surface area contributed by atoms with E-state index in [-0.39, 0.29) is 17.9 Å². The lowest BCUT2D eigenvalue weighted by Crippen LogP contribution is -2.43. The third-order valence-electron chi connectivity index (χ3n) is 6.00. The van der Waals surface area contributed by atoms with Gasteiger partial charge >= 0.3 is 0 Å². The van der Waals surface area contributed by atoms with E-state index in [1.165, 1.54) is 4.31 Å². The van der Waals surface area contributed by atoms with Crippen molar-refractivity contribution in [3.8, 4) is 0 Å². The molecule has 1 atom stereocenters. The molecule has 1 amide bonds. The highest BCUT2D eigenvalue weighted by atomic mass is 32.2.